The third kappa shape index (κ3) is 2.05. The number of nitrogens with one attached hydrogen (secondary N) is 1. The van der Waals surface area contributed by atoms with Crippen LogP contribution in [0.3, 0.4) is 0 Å². The number of anilines is 2. The van der Waals surface area contributed by atoms with E-state index in [9.17, 15) is 0 Å². The van der Waals surface area contributed by atoms with Gasteiger partial charge in [0.2, 0.25) is 0 Å². The number of thiazole rings is 1. The number of rotatable bonds is 4. The monoisotopic (exact) mass is 261 g/mol. The lowest BCUT2D eigenvalue weighted by atomic mass is 10.0. The van der Waals surface area contributed by atoms with Gasteiger partial charge in [0, 0.05) is 6.54 Å². The molecular weight excluding hydrogens is 242 g/mol. The highest BCUT2D eigenvalue weighted by Gasteiger charge is 2.40. The standard InChI is InChI=1S/C14H19N3S/c1-3-14(4-5-14)8-16-11-7-12-13(6-10(11)15)18-9(2)17-12/h6-7,16H,3-5,8,15H2,1-2H3. The second-order valence-electron chi connectivity index (χ2n) is 5.35. The predicted molar refractivity (Wildman–Crippen MR) is 79.2 cm³/mol. The first-order valence-electron chi connectivity index (χ1n) is 6.52. The summed E-state index contributed by atoms with van der Waals surface area (Å²) in [5, 5.41) is 4.60. The lowest BCUT2D eigenvalue weighted by Crippen LogP contribution is -2.15. The van der Waals surface area contributed by atoms with E-state index in [1.165, 1.54) is 24.0 Å². The van der Waals surface area contributed by atoms with Crippen LogP contribution >= 0.6 is 11.3 Å². The van der Waals surface area contributed by atoms with Crippen LogP contribution in [-0.2, 0) is 0 Å². The van der Waals surface area contributed by atoms with Crippen LogP contribution in [0.15, 0.2) is 12.1 Å². The zero-order valence-corrected chi connectivity index (χ0v) is 11.7. The lowest BCUT2D eigenvalue weighted by Gasteiger charge is -2.15. The summed E-state index contributed by atoms with van der Waals surface area (Å²) in [7, 11) is 0. The third-order valence-corrected chi connectivity index (χ3v) is 4.96. The molecule has 0 radical (unpaired) electrons. The van der Waals surface area contributed by atoms with E-state index in [1.54, 1.807) is 11.3 Å². The quantitative estimate of drug-likeness (QED) is 0.823. The Hall–Kier alpha value is -1.29. The SMILES string of the molecule is CCC1(CNc2cc3nc(C)sc3cc2N)CC1. The zero-order valence-electron chi connectivity index (χ0n) is 10.9. The molecule has 0 aliphatic heterocycles. The van der Waals surface area contributed by atoms with E-state index in [0.717, 1.165) is 28.4 Å². The van der Waals surface area contributed by atoms with Gasteiger partial charge in [-0.25, -0.2) is 4.98 Å². The van der Waals surface area contributed by atoms with Crippen molar-refractivity contribution in [2.24, 2.45) is 5.41 Å². The number of fused-ring (bicyclic) bond motifs is 1. The molecule has 0 saturated heterocycles. The fourth-order valence-corrected chi connectivity index (χ4v) is 3.23. The van der Waals surface area contributed by atoms with E-state index in [-0.39, 0.29) is 0 Å². The Kier molecular flexibility index (Phi) is 2.70. The Labute approximate surface area is 111 Å². The highest BCUT2D eigenvalue weighted by molar-refractivity contribution is 7.18. The number of aryl methyl sites for hydroxylation is 1. The molecule has 96 valence electrons. The Morgan fingerprint density at radius 3 is 2.89 bits per heavy atom. The number of hydrogen-bond donors (Lipinski definition) is 2. The van der Waals surface area contributed by atoms with E-state index in [4.69, 9.17) is 5.73 Å². The summed E-state index contributed by atoms with van der Waals surface area (Å²) in [5.74, 6) is 0. The number of aromatic nitrogens is 1. The summed E-state index contributed by atoms with van der Waals surface area (Å²) in [6.07, 6.45) is 3.93. The third-order valence-electron chi connectivity index (χ3n) is 4.03. The van der Waals surface area contributed by atoms with Crippen molar-refractivity contribution in [3.05, 3.63) is 17.1 Å². The maximum Gasteiger partial charge on any atom is 0.0907 e. The molecule has 1 heterocycles. The van der Waals surface area contributed by atoms with Crippen LogP contribution in [0.2, 0.25) is 0 Å². The first-order valence-corrected chi connectivity index (χ1v) is 7.34. The molecule has 1 aromatic carbocycles. The molecule has 2 aromatic rings. The van der Waals surface area contributed by atoms with Crippen molar-refractivity contribution < 1.29 is 0 Å². The van der Waals surface area contributed by atoms with Crippen LogP contribution in [0.4, 0.5) is 11.4 Å². The van der Waals surface area contributed by atoms with Crippen molar-refractivity contribution in [2.45, 2.75) is 33.1 Å². The topological polar surface area (TPSA) is 50.9 Å². The summed E-state index contributed by atoms with van der Waals surface area (Å²) >= 11 is 1.70. The Balaban J connectivity index is 1.84. The van der Waals surface area contributed by atoms with Crippen LogP contribution in [0.25, 0.3) is 10.2 Å². The summed E-state index contributed by atoms with van der Waals surface area (Å²) in [6, 6.07) is 4.12. The van der Waals surface area contributed by atoms with Gasteiger partial charge in [0.25, 0.3) is 0 Å². The number of nitrogens with zero attached hydrogens (tertiary/aromatic N) is 1. The fraction of sp³-hybridized carbons (Fsp3) is 0.500. The van der Waals surface area contributed by atoms with Gasteiger partial charge < -0.3 is 11.1 Å². The molecule has 0 bridgehead atoms. The van der Waals surface area contributed by atoms with Crippen molar-refractivity contribution in [2.75, 3.05) is 17.6 Å². The first kappa shape index (κ1) is 11.8. The van der Waals surface area contributed by atoms with E-state index in [0.29, 0.717) is 5.41 Å². The van der Waals surface area contributed by atoms with Crippen molar-refractivity contribution in [3.8, 4) is 0 Å². The minimum absolute atomic E-state index is 0.527. The van der Waals surface area contributed by atoms with E-state index in [2.05, 4.69) is 23.3 Å². The average molecular weight is 261 g/mol. The van der Waals surface area contributed by atoms with Gasteiger partial charge in [0.05, 0.1) is 26.6 Å². The van der Waals surface area contributed by atoms with Gasteiger partial charge in [-0.1, -0.05) is 6.92 Å². The molecule has 4 heteroatoms. The zero-order chi connectivity index (χ0) is 12.8. The maximum atomic E-state index is 6.10. The molecular formula is C14H19N3S. The van der Waals surface area contributed by atoms with Crippen LogP contribution < -0.4 is 11.1 Å². The van der Waals surface area contributed by atoms with Crippen LogP contribution in [0.5, 0.6) is 0 Å². The van der Waals surface area contributed by atoms with E-state index >= 15 is 0 Å². The molecule has 3 N–H and O–H groups in total. The Bertz CT molecular complexity index is 584. The van der Waals surface area contributed by atoms with Crippen molar-refractivity contribution >= 4 is 32.9 Å². The molecule has 1 aliphatic carbocycles. The average Bonchev–Trinajstić information content (AvgIpc) is 3.03. The number of nitrogens with two attached hydrogens (primary N) is 1. The number of benzene rings is 1. The highest BCUT2D eigenvalue weighted by Crippen LogP contribution is 2.48. The fourth-order valence-electron chi connectivity index (χ4n) is 2.37. The number of hydrogen-bond acceptors (Lipinski definition) is 4. The molecule has 1 fully saturated rings. The van der Waals surface area contributed by atoms with Crippen molar-refractivity contribution in [3.63, 3.8) is 0 Å². The first-order chi connectivity index (χ1) is 8.62. The predicted octanol–water partition coefficient (Wildman–Crippen LogP) is 3.79. The van der Waals surface area contributed by atoms with Crippen molar-refractivity contribution in [1.29, 1.82) is 0 Å². The van der Waals surface area contributed by atoms with Crippen molar-refractivity contribution in [1.82, 2.24) is 4.98 Å². The molecule has 0 unspecified atom stereocenters. The van der Waals surface area contributed by atoms with Gasteiger partial charge in [-0.05, 0) is 43.7 Å². The molecule has 0 amide bonds. The molecule has 3 rings (SSSR count). The molecule has 1 aliphatic rings. The van der Waals surface area contributed by atoms with E-state index < -0.39 is 0 Å². The minimum Gasteiger partial charge on any atom is -0.397 e. The largest absolute Gasteiger partial charge is 0.397 e. The number of nitrogen functional groups attached to an aromatic ring is 1. The van der Waals surface area contributed by atoms with Gasteiger partial charge in [-0.15, -0.1) is 11.3 Å². The molecule has 1 saturated carbocycles. The second-order valence-corrected chi connectivity index (χ2v) is 6.58. The van der Waals surface area contributed by atoms with E-state index in [1.807, 2.05) is 13.0 Å². The van der Waals surface area contributed by atoms with Gasteiger partial charge in [0.1, 0.15) is 0 Å². The van der Waals surface area contributed by atoms with Gasteiger partial charge in [0.15, 0.2) is 0 Å². The Morgan fingerprint density at radius 1 is 1.44 bits per heavy atom. The summed E-state index contributed by atoms with van der Waals surface area (Å²) in [5.41, 5.74) is 9.55. The lowest BCUT2D eigenvalue weighted by molar-refractivity contribution is 0.521. The van der Waals surface area contributed by atoms with Crippen LogP contribution in [-0.4, -0.2) is 11.5 Å². The Morgan fingerprint density at radius 2 is 2.22 bits per heavy atom. The molecule has 1 aromatic heterocycles. The summed E-state index contributed by atoms with van der Waals surface area (Å²) in [6.45, 7) is 5.33. The molecule has 3 nitrogen and oxygen atoms in total. The molecule has 0 spiro atoms. The van der Waals surface area contributed by atoms with Gasteiger partial charge in [-0.3, -0.25) is 0 Å². The molecule has 0 atom stereocenters. The summed E-state index contributed by atoms with van der Waals surface area (Å²) < 4.78 is 1.17. The second kappa shape index (κ2) is 4.12. The summed E-state index contributed by atoms with van der Waals surface area (Å²) in [4.78, 5) is 4.52. The maximum absolute atomic E-state index is 6.10. The van der Waals surface area contributed by atoms with Crippen LogP contribution in [0, 0.1) is 12.3 Å². The van der Waals surface area contributed by atoms with Crippen LogP contribution in [0.1, 0.15) is 31.2 Å². The molecule has 18 heavy (non-hydrogen) atoms. The smallest absolute Gasteiger partial charge is 0.0907 e. The van der Waals surface area contributed by atoms with Gasteiger partial charge in [-0.2, -0.15) is 0 Å². The minimum atomic E-state index is 0.527. The van der Waals surface area contributed by atoms with Gasteiger partial charge >= 0.3 is 0 Å². The normalized spacial score (nSPS) is 17.0. The highest BCUT2D eigenvalue weighted by atomic mass is 32.1.